The molecule has 1 heterocycles. The number of nitrogens with zero attached hydrogens (tertiary/aromatic N) is 2. The SMILES string of the molecule is N#CC1(Cc2cccc([N+](=O)[O-])c2Br)CCCOC1. The van der Waals surface area contributed by atoms with Gasteiger partial charge in [0.15, 0.2) is 0 Å². The van der Waals surface area contributed by atoms with Crippen LogP contribution in [0.2, 0.25) is 0 Å². The zero-order valence-corrected chi connectivity index (χ0v) is 11.9. The highest BCUT2D eigenvalue weighted by atomic mass is 79.9. The zero-order valence-electron chi connectivity index (χ0n) is 10.3. The number of nitro groups is 1. The summed E-state index contributed by atoms with van der Waals surface area (Å²) in [7, 11) is 0. The Hall–Kier alpha value is -1.45. The summed E-state index contributed by atoms with van der Waals surface area (Å²) in [6.45, 7) is 1.07. The van der Waals surface area contributed by atoms with E-state index < -0.39 is 10.3 Å². The molecule has 100 valence electrons. The van der Waals surface area contributed by atoms with Crippen LogP contribution in [0.4, 0.5) is 5.69 Å². The molecule has 1 aromatic rings. The van der Waals surface area contributed by atoms with Gasteiger partial charge in [-0.15, -0.1) is 0 Å². The predicted octanol–water partition coefficient (Wildman–Crippen LogP) is 3.22. The molecule has 0 aromatic heterocycles. The molecular formula is C13H13BrN2O3. The van der Waals surface area contributed by atoms with Crippen molar-refractivity contribution in [2.24, 2.45) is 5.41 Å². The van der Waals surface area contributed by atoms with E-state index in [9.17, 15) is 15.4 Å². The van der Waals surface area contributed by atoms with Crippen LogP contribution in [0, 0.1) is 26.9 Å². The number of hydrogen-bond acceptors (Lipinski definition) is 4. The average Bonchev–Trinajstić information content (AvgIpc) is 2.42. The number of rotatable bonds is 3. The summed E-state index contributed by atoms with van der Waals surface area (Å²) < 4.78 is 5.85. The molecule has 1 atom stereocenters. The van der Waals surface area contributed by atoms with Crippen LogP contribution in [0.5, 0.6) is 0 Å². The molecule has 2 rings (SSSR count). The van der Waals surface area contributed by atoms with Gasteiger partial charge in [-0.2, -0.15) is 5.26 Å². The van der Waals surface area contributed by atoms with Crippen LogP contribution in [0.25, 0.3) is 0 Å². The van der Waals surface area contributed by atoms with E-state index in [1.807, 2.05) is 6.07 Å². The van der Waals surface area contributed by atoms with Crippen LogP contribution < -0.4 is 0 Å². The van der Waals surface area contributed by atoms with Crippen molar-refractivity contribution < 1.29 is 9.66 Å². The fourth-order valence-electron chi connectivity index (χ4n) is 2.33. The molecule has 0 aliphatic carbocycles. The molecule has 0 radical (unpaired) electrons. The van der Waals surface area contributed by atoms with Crippen molar-refractivity contribution in [2.45, 2.75) is 19.3 Å². The maximum Gasteiger partial charge on any atom is 0.283 e. The predicted molar refractivity (Wildman–Crippen MR) is 72.6 cm³/mol. The summed E-state index contributed by atoms with van der Waals surface area (Å²) in [5.74, 6) is 0. The largest absolute Gasteiger partial charge is 0.380 e. The van der Waals surface area contributed by atoms with Gasteiger partial charge in [0.2, 0.25) is 0 Å². The lowest BCUT2D eigenvalue weighted by Crippen LogP contribution is -2.32. The molecule has 1 unspecified atom stereocenters. The zero-order chi connectivity index (χ0) is 13.9. The third-order valence-corrected chi connectivity index (χ3v) is 4.26. The van der Waals surface area contributed by atoms with E-state index in [-0.39, 0.29) is 5.69 Å². The fraction of sp³-hybridized carbons (Fsp3) is 0.462. The van der Waals surface area contributed by atoms with E-state index in [0.717, 1.165) is 18.4 Å². The molecule has 1 fully saturated rings. The quantitative estimate of drug-likeness (QED) is 0.631. The van der Waals surface area contributed by atoms with Gasteiger partial charge in [-0.1, -0.05) is 12.1 Å². The Balaban J connectivity index is 2.30. The topological polar surface area (TPSA) is 76.2 Å². The van der Waals surface area contributed by atoms with E-state index >= 15 is 0 Å². The van der Waals surface area contributed by atoms with E-state index in [2.05, 4.69) is 22.0 Å². The molecule has 6 heteroatoms. The third kappa shape index (κ3) is 2.94. The molecule has 1 saturated heterocycles. The molecule has 19 heavy (non-hydrogen) atoms. The van der Waals surface area contributed by atoms with Gasteiger partial charge in [0, 0.05) is 12.7 Å². The van der Waals surface area contributed by atoms with E-state index in [0.29, 0.717) is 24.1 Å². The van der Waals surface area contributed by atoms with Crippen molar-refractivity contribution in [3.63, 3.8) is 0 Å². The standard InChI is InChI=1S/C13H13BrN2O3/c14-12-10(3-1-4-11(12)16(17)18)7-13(8-15)5-2-6-19-9-13/h1,3-4H,2,5-7,9H2. The van der Waals surface area contributed by atoms with Gasteiger partial charge in [-0.05, 0) is 40.8 Å². The Labute approximate surface area is 119 Å². The molecule has 5 nitrogen and oxygen atoms in total. The van der Waals surface area contributed by atoms with Gasteiger partial charge in [0.1, 0.15) is 0 Å². The Kier molecular flexibility index (Phi) is 4.17. The first-order chi connectivity index (χ1) is 9.08. The Morgan fingerprint density at radius 2 is 2.37 bits per heavy atom. The van der Waals surface area contributed by atoms with Gasteiger partial charge >= 0.3 is 0 Å². The second kappa shape index (κ2) is 5.68. The lowest BCUT2D eigenvalue weighted by molar-refractivity contribution is -0.385. The molecule has 0 saturated carbocycles. The fourth-order valence-corrected chi connectivity index (χ4v) is 2.88. The summed E-state index contributed by atoms with van der Waals surface area (Å²) in [5.41, 5.74) is 0.235. The normalized spacial score (nSPS) is 22.7. The van der Waals surface area contributed by atoms with Crippen LogP contribution >= 0.6 is 15.9 Å². The van der Waals surface area contributed by atoms with Crippen LogP contribution in [0.15, 0.2) is 22.7 Å². The van der Waals surface area contributed by atoms with E-state index in [1.54, 1.807) is 6.07 Å². The monoisotopic (exact) mass is 324 g/mol. The highest BCUT2D eigenvalue weighted by molar-refractivity contribution is 9.10. The summed E-state index contributed by atoms with van der Waals surface area (Å²) in [6.07, 6.45) is 2.07. The number of hydrogen-bond donors (Lipinski definition) is 0. The average molecular weight is 325 g/mol. The van der Waals surface area contributed by atoms with Gasteiger partial charge in [-0.25, -0.2) is 0 Å². The van der Waals surface area contributed by atoms with Crippen molar-refractivity contribution >= 4 is 21.6 Å². The first-order valence-electron chi connectivity index (χ1n) is 5.99. The maximum atomic E-state index is 10.9. The summed E-state index contributed by atoms with van der Waals surface area (Å²) in [4.78, 5) is 10.5. The number of nitriles is 1. The van der Waals surface area contributed by atoms with Gasteiger partial charge in [0.25, 0.3) is 5.69 Å². The molecule has 0 bridgehead atoms. The second-order valence-electron chi connectivity index (χ2n) is 4.73. The van der Waals surface area contributed by atoms with Gasteiger partial charge < -0.3 is 4.74 Å². The third-order valence-electron chi connectivity index (χ3n) is 3.34. The highest BCUT2D eigenvalue weighted by Gasteiger charge is 2.34. The van der Waals surface area contributed by atoms with Crippen LogP contribution in [0.1, 0.15) is 18.4 Å². The van der Waals surface area contributed by atoms with Crippen LogP contribution in [-0.4, -0.2) is 18.1 Å². The minimum Gasteiger partial charge on any atom is -0.380 e. The molecule has 1 aliphatic rings. The lowest BCUT2D eigenvalue weighted by atomic mass is 9.78. The number of ether oxygens (including phenoxy) is 1. The number of benzene rings is 1. The molecule has 1 aromatic carbocycles. The van der Waals surface area contributed by atoms with Crippen molar-refractivity contribution in [1.29, 1.82) is 5.26 Å². The van der Waals surface area contributed by atoms with Gasteiger partial charge in [0.05, 0.1) is 27.5 Å². The number of halogens is 1. The van der Waals surface area contributed by atoms with Crippen molar-refractivity contribution in [1.82, 2.24) is 0 Å². The second-order valence-corrected chi connectivity index (χ2v) is 5.53. The van der Waals surface area contributed by atoms with E-state index in [4.69, 9.17) is 4.74 Å². The smallest absolute Gasteiger partial charge is 0.283 e. The van der Waals surface area contributed by atoms with Crippen molar-refractivity contribution in [3.8, 4) is 6.07 Å². The molecule has 0 N–H and O–H groups in total. The van der Waals surface area contributed by atoms with Crippen molar-refractivity contribution in [3.05, 3.63) is 38.3 Å². The Morgan fingerprint density at radius 3 is 2.95 bits per heavy atom. The Bertz CT molecular complexity index is 533. The van der Waals surface area contributed by atoms with E-state index in [1.165, 1.54) is 6.07 Å². The molecule has 0 amide bonds. The number of nitro benzene ring substituents is 1. The van der Waals surface area contributed by atoms with Gasteiger partial charge in [-0.3, -0.25) is 10.1 Å². The molecule has 0 spiro atoms. The first kappa shape index (κ1) is 14.0. The lowest BCUT2D eigenvalue weighted by Gasteiger charge is -2.30. The van der Waals surface area contributed by atoms with Crippen molar-refractivity contribution in [2.75, 3.05) is 13.2 Å². The summed E-state index contributed by atoms with van der Waals surface area (Å²) in [5, 5.41) is 20.3. The van der Waals surface area contributed by atoms with Crippen LogP contribution in [0.3, 0.4) is 0 Å². The minimum absolute atomic E-state index is 0.0299. The maximum absolute atomic E-state index is 10.9. The highest BCUT2D eigenvalue weighted by Crippen LogP contribution is 2.36. The summed E-state index contributed by atoms with van der Waals surface area (Å²) >= 11 is 3.27. The molecular weight excluding hydrogens is 312 g/mol. The van der Waals surface area contributed by atoms with Crippen LogP contribution in [-0.2, 0) is 11.2 Å². The Morgan fingerprint density at radius 1 is 1.58 bits per heavy atom. The minimum atomic E-state index is -0.573. The molecule has 1 aliphatic heterocycles. The first-order valence-corrected chi connectivity index (χ1v) is 6.78. The summed E-state index contributed by atoms with van der Waals surface area (Å²) in [6, 6.07) is 7.23.